The van der Waals surface area contributed by atoms with Gasteiger partial charge in [-0.15, -0.1) is 0 Å². The number of carbonyl (C=O) groups is 2. The van der Waals surface area contributed by atoms with Crippen LogP contribution in [0, 0.1) is 0 Å². The quantitative estimate of drug-likeness (QED) is 0.611. The van der Waals surface area contributed by atoms with Gasteiger partial charge in [0.25, 0.3) is 0 Å². The summed E-state index contributed by atoms with van der Waals surface area (Å²) in [6.07, 6.45) is 4.14. The summed E-state index contributed by atoms with van der Waals surface area (Å²) in [7, 11) is 1.65. The first-order valence-electron chi connectivity index (χ1n) is 12.1. The average molecular weight is 462 g/mol. The normalized spacial score (nSPS) is 19.1. The largest absolute Gasteiger partial charge is 0.493 e. The third kappa shape index (κ3) is 4.60. The molecule has 34 heavy (non-hydrogen) atoms. The number of para-hydroxylation sites is 1. The van der Waals surface area contributed by atoms with Crippen LogP contribution in [-0.4, -0.2) is 54.5 Å². The summed E-state index contributed by atoms with van der Waals surface area (Å²) >= 11 is 0. The van der Waals surface area contributed by atoms with Crippen LogP contribution in [0.25, 0.3) is 10.9 Å². The van der Waals surface area contributed by atoms with Crippen molar-refractivity contribution in [2.45, 2.75) is 44.6 Å². The van der Waals surface area contributed by atoms with Crippen molar-refractivity contribution in [3.05, 3.63) is 59.3 Å². The Bertz CT molecular complexity index is 1200. The SMILES string of the molecule is COc1ccc2cc1OCCCCN(C(=O)C1CCC(=O)N1)CCc1c([nH]c3ccccc13)C2. The molecule has 7 nitrogen and oxygen atoms in total. The molecule has 0 saturated carbocycles. The van der Waals surface area contributed by atoms with Gasteiger partial charge in [0.15, 0.2) is 11.5 Å². The van der Waals surface area contributed by atoms with E-state index in [2.05, 4.69) is 40.6 Å². The number of amides is 2. The van der Waals surface area contributed by atoms with Crippen LogP contribution in [0.1, 0.15) is 42.5 Å². The number of hydrogen-bond donors (Lipinski definition) is 2. The summed E-state index contributed by atoms with van der Waals surface area (Å²) in [5, 5.41) is 4.03. The maximum atomic E-state index is 13.3. The number of fused-ring (bicyclic) bond motifs is 5. The zero-order chi connectivity index (χ0) is 23.5. The Balaban J connectivity index is 1.48. The Morgan fingerprint density at radius 2 is 2.00 bits per heavy atom. The van der Waals surface area contributed by atoms with E-state index in [9.17, 15) is 9.59 Å². The number of aromatic nitrogens is 1. The Morgan fingerprint density at radius 3 is 2.82 bits per heavy atom. The number of benzene rings is 2. The number of methoxy groups -OCH3 is 1. The molecule has 2 N–H and O–H groups in total. The third-order valence-electron chi connectivity index (χ3n) is 6.83. The van der Waals surface area contributed by atoms with E-state index < -0.39 is 6.04 Å². The summed E-state index contributed by atoms with van der Waals surface area (Å²) in [5.41, 5.74) is 4.63. The molecule has 2 aromatic carbocycles. The van der Waals surface area contributed by atoms with Crippen LogP contribution in [0.4, 0.5) is 0 Å². The van der Waals surface area contributed by atoms with Crippen molar-refractivity contribution in [2.75, 3.05) is 26.8 Å². The first-order chi connectivity index (χ1) is 16.6. The third-order valence-corrected chi connectivity index (χ3v) is 6.83. The Labute approximate surface area is 199 Å². The van der Waals surface area contributed by atoms with Gasteiger partial charge in [0.2, 0.25) is 11.8 Å². The molecule has 3 aromatic rings. The minimum atomic E-state index is -0.408. The number of rotatable bonds is 2. The lowest BCUT2D eigenvalue weighted by Gasteiger charge is -2.26. The Kier molecular flexibility index (Phi) is 6.43. The molecule has 2 aliphatic rings. The highest BCUT2D eigenvalue weighted by molar-refractivity contribution is 5.91. The fraction of sp³-hybridized carbons (Fsp3) is 0.407. The van der Waals surface area contributed by atoms with Crippen molar-refractivity contribution in [3.8, 4) is 11.5 Å². The lowest BCUT2D eigenvalue weighted by atomic mass is 10.0. The first kappa shape index (κ1) is 22.3. The number of nitrogens with zero attached hydrogens (tertiary/aromatic N) is 1. The number of carbonyl (C=O) groups excluding carboxylic acids is 2. The minimum absolute atomic E-state index is 0.0205. The lowest BCUT2D eigenvalue weighted by Crippen LogP contribution is -2.45. The van der Waals surface area contributed by atoms with Crippen molar-refractivity contribution in [2.24, 2.45) is 0 Å². The van der Waals surface area contributed by atoms with Crippen molar-refractivity contribution >= 4 is 22.7 Å². The van der Waals surface area contributed by atoms with Gasteiger partial charge in [-0.05, 0) is 55.0 Å². The van der Waals surface area contributed by atoms with Gasteiger partial charge in [0, 0.05) is 42.5 Å². The topological polar surface area (TPSA) is 83.7 Å². The number of H-pyrrole nitrogens is 1. The Morgan fingerprint density at radius 1 is 1.12 bits per heavy atom. The van der Waals surface area contributed by atoms with Gasteiger partial charge in [-0.25, -0.2) is 0 Å². The fourth-order valence-electron chi connectivity index (χ4n) is 5.03. The van der Waals surface area contributed by atoms with Crippen molar-refractivity contribution < 1.29 is 19.1 Å². The smallest absolute Gasteiger partial charge is 0.245 e. The second-order valence-electron chi connectivity index (χ2n) is 9.08. The number of hydrogen-bond acceptors (Lipinski definition) is 4. The van der Waals surface area contributed by atoms with Gasteiger partial charge >= 0.3 is 0 Å². The van der Waals surface area contributed by atoms with E-state index in [0.29, 0.717) is 32.5 Å². The molecule has 0 aliphatic carbocycles. The highest BCUT2D eigenvalue weighted by Gasteiger charge is 2.30. The molecule has 2 aliphatic heterocycles. The zero-order valence-corrected chi connectivity index (χ0v) is 19.6. The van der Waals surface area contributed by atoms with E-state index in [1.54, 1.807) is 7.11 Å². The maximum absolute atomic E-state index is 13.3. The van der Waals surface area contributed by atoms with Gasteiger partial charge in [-0.2, -0.15) is 0 Å². The molecule has 0 radical (unpaired) electrons. The molecule has 5 rings (SSSR count). The molecule has 0 spiro atoms. The molecule has 3 heterocycles. The van der Waals surface area contributed by atoms with Crippen LogP contribution in [-0.2, 0) is 22.4 Å². The van der Waals surface area contributed by atoms with E-state index in [1.165, 1.54) is 10.9 Å². The highest BCUT2D eigenvalue weighted by Crippen LogP contribution is 2.31. The van der Waals surface area contributed by atoms with Crippen LogP contribution in [0.2, 0.25) is 0 Å². The van der Waals surface area contributed by atoms with Crippen molar-refractivity contribution in [1.29, 1.82) is 0 Å². The molecule has 178 valence electrons. The molecular formula is C27H31N3O4. The predicted molar refractivity (Wildman–Crippen MR) is 130 cm³/mol. The molecule has 1 aromatic heterocycles. The molecule has 7 heteroatoms. The molecule has 1 saturated heterocycles. The van der Waals surface area contributed by atoms with E-state index in [-0.39, 0.29) is 11.8 Å². The van der Waals surface area contributed by atoms with Crippen LogP contribution in [0.15, 0.2) is 42.5 Å². The minimum Gasteiger partial charge on any atom is -0.493 e. The first-order valence-corrected chi connectivity index (χ1v) is 12.1. The number of ether oxygens (including phenoxy) is 2. The molecule has 1 fully saturated rings. The summed E-state index contributed by atoms with van der Waals surface area (Å²) in [6.45, 7) is 1.82. The van der Waals surface area contributed by atoms with Gasteiger partial charge in [0.05, 0.1) is 13.7 Å². The van der Waals surface area contributed by atoms with Gasteiger partial charge in [-0.1, -0.05) is 24.3 Å². The summed E-state index contributed by atoms with van der Waals surface area (Å²) in [6, 6.07) is 14.0. The molecule has 2 bridgehead atoms. The second-order valence-corrected chi connectivity index (χ2v) is 9.08. The van der Waals surface area contributed by atoms with E-state index >= 15 is 0 Å². The Hall–Kier alpha value is -3.48. The zero-order valence-electron chi connectivity index (χ0n) is 19.6. The summed E-state index contributed by atoms with van der Waals surface area (Å²) in [5.74, 6) is 1.45. The van der Waals surface area contributed by atoms with Gasteiger partial charge in [-0.3, -0.25) is 9.59 Å². The average Bonchev–Trinajstić information content (AvgIpc) is 3.43. The van der Waals surface area contributed by atoms with Gasteiger partial charge in [0.1, 0.15) is 6.04 Å². The van der Waals surface area contributed by atoms with Gasteiger partial charge < -0.3 is 24.7 Å². The van der Waals surface area contributed by atoms with E-state index in [4.69, 9.17) is 9.47 Å². The highest BCUT2D eigenvalue weighted by atomic mass is 16.5. The number of nitrogens with one attached hydrogen (secondary N) is 2. The fourth-order valence-corrected chi connectivity index (χ4v) is 5.03. The van der Waals surface area contributed by atoms with Crippen molar-refractivity contribution in [3.63, 3.8) is 0 Å². The lowest BCUT2D eigenvalue weighted by molar-refractivity contribution is -0.134. The molecule has 1 atom stereocenters. The van der Waals surface area contributed by atoms with Crippen molar-refractivity contribution in [1.82, 2.24) is 15.2 Å². The maximum Gasteiger partial charge on any atom is 0.245 e. The molecule has 2 amide bonds. The number of aromatic amines is 1. The molecule has 1 unspecified atom stereocenters. The predicted octanol–water partition coefficient (Wildman–Crippen LogP) is 3.59. The van der Waals surface area contributed by atoms with Crippen LogP contribution < -0.4 is 14.8 Å². The van der Waals surface area contributed by atoms with E-state index in [1.807, 2.05) is 17.0 Å². The second kappa shape index (κ2) is 9.79. The van der Waals surface area contributed by atoms with Crippen LogP contribution in [0.3, 0.4) is 0 Å². The van der Waals surface area contributed by atoms with Crippen LogP contribution >= 0.6 is 0 Å². The van der Waals surface area contributed by atoms with E-state index in [0.717, 1.165) is 54.0 Å². The standard InChI is InChI=1S/C27H31N3O4/c1-33-24-10-8-18-16-23-20(19-6-2-3-7-21(19)28-23)12-14-30(13-4-5-15-34-25(24)17-18)27(32)22-9-11-26(31)29-22/h2-3,6-8,10,17,22,28H,4-5,9,11-16H2,1H3,(H,29,31). The molecular weight excluding hydrogens is 430 g/mol. The monoisotopic (exact) mass is 461 g/mol. The van der Waals surface area contributed by atoms with Crippen LogP contribution in [0.5, 0.6) is 11.5 Å². The summed E-state index contributed by atoms with van der Waals surface area (Å²) < 4.78 is 11.6. The summed E-state index contributed by atoms with van der Waals surface area (Å²) in [4.78, 5) is 30.5.